The first kappa shape index (κ1) is 19.3. The molecule has 1 aromatic carbocycles. The molecule has 1 unspecified atom stereocenters. The molecule has 0 radical (unpaired) electrons. The molecule has 154 valence electrons. The van der Waals surface area contributed by atoms with Gasteiger partial charge in [0, 0.05) is 25.4 Å². The fraction of sp³-hybridized carbons (Fsp3) is 0.667. The number of likely N-dealkylation sites (N-methyl/N-ethyl adjacent to an activating group) is 1. The largest absolute Gasteiger partial charge is 0.492 e. The summed E-state index contributed by atoms with van der Waals surface area (Å²) >= 11 is 0. The van der Waals surface area contributed by atoms with Crippen molar-refractivity contribution < 1.29 is 29.1 Å². The number of methoxy groups -OCH3 is 1. The third kappa shape index (κ3) is 3.42. The van der Waals surface area contributed by atoms with Crippen molar-refractivity contribution in [2.24, 2.45) is 11.1 Å². The van der Waals surface area contributed by atoms with Gasteiger partial charge in [0.15, 0.2) is 11.5 Å². The SMILES string of the molecule is COc1c2c(cc3c1[C@@H](CC(=NO)[C@@H]1CCOC(C)(C)C1)[NH+](C)CC3)OCO2. The van der Waals surface area contributed by atoms with E-state index in [0.29, 0.717) is 18.8 Å². The van der Waals surface area contributed by atoms with Crippen LogP contribution in [-0.2, 0) is 11.2 Å². The molecule has 3 aliphatic heterocycles. The molecule has 3 atom stereocenters. The molecule has 0 aliphatic carbocycles. The van der Waals surface area contributed by atoms with Gasteiger partial charge in [0.25, 0.3) is 0 Å². The van der Waals surface area contributed by atoms with Gasteiger partial charge in [-0.2, -0.15) is 0 Å². The summed E-state index contributed by atoms with van der Waals surface area (Å²) in [6.07, 6.45) is 3.40. The van der Waals surface area contributed by atoms with Crippen LogP contribution in [0.4, 0.5) is 0 Å². The number of hydrogen-bond acceptors (Lipinski definition) is 6. The van der Waals surface area contributed by atoms with Crippen LogP contribution in [0.25, 0.3) is 0 Å². The lowest BCUT2D eigenvalue weighted by Crippen LogP contribution is -3.10. The first-order chi connectivity index (χ1) is 13.4. The fourth-order valence-corrected chi connectivity index (χ4v) is 4.91. The summed E-state index contributed by atoms with van der Waals surface area (Å²) < 4.78 is 22.9. The molecular weight excluding hydrogens is 360 g/mol. The van der Waals surface area contributed by atoms with Crippen molar-refractivity contribution in [3.63, 3.8) is 0 Å². The standard InChI is InChI=1S/C21H30N2O5/c1-21(2)11-14(6-8-28-21)15(22-24)10-16-18-13(5-7-23(16)3)9-17-19(20(18)25-4)27-12-26-17/h9,14,16,24H,5-8,10-12H2,1-4H3/p+1/t14-,16-/m1/s1. The number of nitrogens with zero attached hydrogens (tertiary/aromatic N) is 1. The highest BCUT2D eigenvalue weighted by Crippen LogP contribution is 2.48. The van der Waals surface area contributed by atoms with Crippen LogP contribution in [0.1, 0.15) is 50.3 Å². The van der Waals surface area contributed by atoms with Gasteiger partial charge in [-0.1, -0.05) is 5.16 Å². The van der Waals surface area contributed by atoms with Gasteiger partial charge in [-0.25, -0.2) is 0 Å². The molecule has 4 rings (SSSR count). The van der Waals surface area contributed by atoms with Gasteiger partial charge in [-0.3, -0.25) is 0 Å². The molecule has 0 bridgehead atoms. The predicted octanol–water partition coefficient (Wildman–Crippen LogP) is 1.96. The number of ether oxygens (including phenoxy) is 4. The number of oxime groups is 1. The molecule has 0 aromatic heterocycles. The Bertz CT molecular complexity index is 777. The molecule has 3 aliphatic rings. The molecule has 1 fully saturated rings. The zero-order valence-electron chi connectivity index (χ0n) is 17.2. The van der Waals surface area contributed by atoms with Crippen LogP contribution in [0, 0.1) is 5.92 Å². The highest BCUT2D eigenvalue weighted by atomic mass is 16.7. The highest BCUT2D eigenvalue weighted by Gasteiger charge is 2.39. The minimum Gasteiger partial charge on any atom is -0.492 e. The van der Waals surface area contributed by atoms with Crippen LogP contribution >= 0.6 is 0 Å². The van der Waals surface area contributed by atoms with Gasteiger partial charge in [-0.15, -0.1) is 0 Å². The number of quaternary nitrogens is 1. The van der Waals surface area contributed by atoms with Crippen LogP contribution in [0.2, 0.25) is 0 Å². The summed E-state index contributed by atoms with van der Waals surface area (Å²) in [5.74, 6) is 2.44. The topological polar surface area (TPSA) is 74.0 Å². The molecule has 28 heavy (non-hydrogen) atoms. The second-order valence-electron chi connectivity index (χ2n) is 8.71. The number of hydrogen-bond donors (Lipinski definition) is 2. The maximum Gasteiger partial charge on any atom is 0.231 e. The van der Waals surface area contributed by atoms with Crippen LogP contribution < -0.4 is 19.1 Å². The summed E-state index contributed by atoms with van der Waals surface area (Å²) in [7, 11) is 3.88. The molecule has 1 aromatic rings. The molecule has 7 heteroatoms. The minimum atomic E-state index is -0.189. The van der Waals surface area contributed by atoms with E-state index in [4.69, 9.17) is 18.9 Å². The van der Waals surface area contributed by atoms with Gasteiger partial charge < -0.3 is 29.1 Å². The Balaban J connectivity index is 1.67. The maximum atomic E-state index is 9.86. The lowest BCUT2D eigenvalue weighted by Gasteiger charge is -2.38. The average molecular weight is 391 g/mol. The minimum absolute atomic E-state index is 0.144. The Morgan fingerprint density at radius 1 is 1.39 bits per heavy atom. The van der Waals surface area contributed by atoms with E-state index in [1.807, 2.05) is 0 Å². The Kier molecular flexibility index (Phi) is 5.14. The summed E-state index contributed by atoms with van der Waals surface area (Å²) in [5.41, 5.74) is 3.06. The monoisotopic (exact) mass is 391 g/mol. The first-order valence-corrected chi connectivity index (χ1v) is 10.1. The quantitative estimate of drug-likeness (QED) is 0.466. The van der Waals surface area contributed by atoms with Gasteiger partial charge in [0.2, 0.25) is 12.5 Å². The van der Waals surface area contributed by atoms with Crippen LogP contribution in [-0.4, -0.2) is 50.6 Å². The lowest BCUT2D eigenvalue weighted by atomic mass is 9.80. The van der Waals surface area contributed by atoms with E-state index in [1.54, 1.807) is 7.11 Å². The molecule has 0 saturated carbocycles. The van der Waals surface area contributed by atoms with E-state index in [2.05, 4.69) is 32.1 Å². The van der Waals surface area contributed by atoms with E-state index in [9.17, 15) is 5.21 Å². The smallest absolute Gasteiger partial charge is 0.231 e. The Morgan fingerprint density at radius 2 is 2.21 bits per heavy atom. The van der Waals surface area contributed by atoms with E-state index in [1.165, 1.54) is 10.5 Å². The van der Waals surface area contributed by atoms with Gasteiger partial charge in [0.1, 0.15) is 6.04 Å². The summed E-state index contributed by atoms with van der Waals surface area (Å²) in [6, 6.07) is 2.23. The van der Waals surface area contributed by atoms with E-state index < -0.39 is 0 Å². The molecular formula is C21H31N2O5+. The zero-order valence-corrected chi connectivity index (χ0v) is 17.2. The number of benzene rings is 1. The maximum absolute atomic E-state index is 9.86. The average Bonchev–Trinajstić information content (AvgIpc) is 3.13. The number of fused-ring (bicyclic) bond motifs is 2. The third-order valence-electron chi connectivity index (χ3n) is 6.39. The second kappa shape index (κ2) is 7.44. The number of rotatable bonds is 4. The molecule has 1 saturated heterocycles. The van der Waals surface area contributed by atoms with Gasteiger partial charge in [-0.05, 0) is 38.3 Å². The van der Waals surface area contributed by atoms with Crippen molar-refractivity contribution in [1.29, 1.82) is 0 Å². The van der Waals surface area contributed by atoms with Crippen molar-refractivity contribution in [2.75, 3.05) is 34.1 Å². The second-order valence-corrected chi connectivity index (χ2v) is 8.71. The van der Waals surface area contributed by atoms with E-state index >= 15 is 0 Å². The fourth-order valence-electron chi connectivity index (χ4n) is 4.91. The summed E-state index contributed by atoms with van der Waals surface area (Å²) in [5, 5.41) is 13.6. The lowest BCUT2D eigenvalue weighted by molar-refractivity contribution is -0.913. The Labute approximate surface area is 166 Å². The Morgan fingerprint density at radius 3 is 2.93 bits per heavy atom. The summed E-state index contributed by atoms with van der Waals surface area (Å²) in [4.78, 5) is 1.39. The highest BCUT2D eigenvalue weighted by molar-refractivity contribution is 5.87. The van der Waals surface area contributed by atoms with Crippen molar-refractivity contribution >= 4 is 5.71 Å². The zero-order chi connectivity index (χ0) is 19.9. The molecule has 7 nitrogen and oxygen atoms in total. The van der Waals surface area contributed by atoms with E-state index in [0.717, 1.165) is 48.6 Å². The number of nitrogens with one attached hydrogen (secondary N) is 1. The first-order valence-electron chi connectivity index (χ1n) is 10.1. The van der Waals surface area contributed by atoms with Crippen molar-refractivity contribution in [3.8, 4) is 17.2 Å². The molecule has 2 N–H and O–H groups in total. The van der Waals surface area contributed by atoms with Crippen LogP contribution in [0.15, 0.2) is 11.2 Å². The van der Waals surface area contributed by atoms with Crippen molar-refractivity contribution in [2.45, 2.75) is 51.2 Å². The van der Waals surface area contributed by atoms with Crippen LogP contribution in [0.5, 0.6) is 17.2 Å². The van der Waals surface area contributed by atoms with Crippen LogP contribution in [0.3, 0.4) is 0 Å². The van der Waals surface area contributed by atoms with Crippen molar-refractivity contribution in [3.05, 3.63) is 17.2 Å². The molecule has 0 amide bonds. The normalized spacial score (nSPS) is 28.7. The third-order valence-corrected chi connectivity index (χ3v) is 6.39. The van der Waals surface area contributed by atoms with E-state index in [-0.39, 0.29) is 24.4 Å². The summed E-state index contributed by atoms with van der Waals surface area (Å²) in [6.45, 7) is 6.14. The Hall–Kier alpha value is -1.99. The van der Waals surface area contributed by atoms with Crippen molar-refractivity contribution in [1.82, 2.24) is 0 Å². The molecule has 0 spiro atoms. The predicted molar refractivity (Wildman–Crippen MR) is 104 cm³/mol. The van der Waals surface area contributed by atoms with Gasteiger partial charge >= 0.3 is 0 Å². The van der Waals surface area contributed by atoms with Gasteiger partial charge in [0.05, 0.1) is 37.6 Å². The molecule has 3 heterocycles.